The van der Waals surface area contributed by atoms with E-state index >= 15 is 0 Å². The molecule has 0 unspecified atom stereocenters. The van der Waals surface area contributed by atoms with Gasteiger partial charge in [-0.3, -0.25) is 15.2 Å². The molecule has 0 spiro atoms. The number of hydrogen-bond donors (Lipinski definition) is 2. The number of benzene rings is 1. The maximum absolute atomic E-state index is 13.4. The minimum Gasteiger partial charge on any atom is -0.468 e. The second-order valence-corrected chi connectivity index (χ2v) is 9.67. The predicted molar refractivity (Wildman–Crippen MR) is 128 cm³/mol. The lowest BCUT2D eigenvalue weighted by molar-refractivity contribution is -0.154. The topological polar surface area (TPSA) is 92.8 Å². The molecule has 0 saturated carbocycles. The smallest absolute Gasteiger partial charge is 0.422 e. The molecule has 1 aliphatic rings. The summed E-state index contributed by atoms with van der Waals surface area (Å²) in [6.07, 6.45) is -2.66. The molecule has 2 heterocycles. The molecule has 2 N–H and O–H groups in total. The number of carbonyl (C=O) groups is 2. The highest BCUT2D eigenvalue weighted by molar-refractivity contribution is 6.07. The SMILES string of the molecule is CN(NC(=O)c1cnc(OCC(F)(F)F)c(C2CCNCC2)c1C(=O)OC(C)(C)C)c1ccc(F)cc1. The molecule has 8 nitrogen and oxygen atoms in total. The van der Waals surface area contributed by atoms with Crippen LogP contribution in [0.2, 0.25) is 0 Å². The van der Waals surface area contributed by atoms with Gasteiger partial charge < -0.3 is 14.8 Å². The molecule has 0 atom stereocenters. The molecule has 2 aromatic rings. The summed E-state index contributed by atoms with van der Waals surface area (Å²) in [6, 6.07) is 5.32. The van der Waals surface area contributed by atoms with Crippen molar-refractivity contribution in [3.63, 3.8) is 0 Å². The standard InChI is InChI=1S/C25H30F4N4O4/c1-24(2,3)37-23(35)20-18(21(34)32-33(4)17-7-5-16(26)6-8-17)13-31-22(36-14-25(27,28)29)19(20)15-9-11-30-12-10-15/h5-8,13,15,30H,9-12,14H2,1-4H3,(H,32,34). The van der Waals surface area contributed by atoms with E-state index in [0.717, 1.165) is 6.20 Å². The summed E-state index contributed by atoms with van der Waals surface area (Å²) in [5, 5.41) is 4.48. The van der Waals surface area contributed by atoms with Crippen molar-refractivity contribution in [2.45, 2.75) is 51.3 Å². The van der Waals surface area contributed by atoms with Crippen LogP contribution in [0.15, 0.2) is 30.5 Å². The molecular weight excluding hydrogens is 496 g/mol. The Bertz CT molecular complexity index is 1110. The van der Waals surface area contributed by atoms with Crippen LogP contribution in [0.3, 0.4) is 0 Å². The van der Waals surface area contributed by atoms with Crippen molar-refractivity contribution in [1.82, 2.24) is 15.7 Å². The molecule has 0 radical (unpaired) electrons. The summed E-state index contributed by atoms with van der Waals surface area (Å²) in [6.45, 7) is 4.42. The van der Waals surface area contributed by atoms with E-state index in [4.69, 9.17) is 9.47 Å². The average Bonchev–Trinajstić information content (AvgIpc) is 2.81. The molecule has 37 heavy (non-hydrogen) atoms. The minimum absolute atomic E-state index is 0.108. The van der Waals surface area contributed by atoms with E-state index in [0.29, 0.717) is 31.6 Å². The number of ether oxygens (including phenoxy) is 2. The number of amides is 1. The lowest BCUT2D eigenvalue weighted by Crippen LogP contribution is -2.40. The lowest BCUT2D eigenvalue weighted by atomic mass is 9.86. The Hall–Kier alpha value is -3.41. The average molecular weight is 527 g/mol. The molecule has 1 aromatic heterocycles. The Morgan fingerprint density at radius 1 is 1.14 bits per heavy atom. The number of nitrogens with one attached hydrogen (secondary N) is 2. The molecular formula is C25H30F4N4O4. The summed E-state index contributed by atoms with van der Waals surface area (Å²) in [7, 11) is 1.51. The van der Waals surface area contributed by atoms with Crippen LogP contribution in [0.4, 0.5) is 23.2 Å². The number of aromatic nitrogens is 1. The highest BCUT2D eigenvalue weighted by Crippen LogP contribution is 2.37. The van der Waals surface area contributed by atoms with Gasteiger partial charge in [-0.15, -0.1) is 0 Å². The molecule has 12 heteroatoms. The van der Waals surface area contributed by atoms with Crippen LogP contribution in [0.5, 0.6) is 5.88 Å². The normalized spacial score (nSPS) is 14.7. The Kier molecular flexibility index (Phi) is 8.62. The zero-order valence-electron chi connectivity index (χ0n) is 21.0. The van der Waals surface area contributed by atoms with E-state index in [1.54, 1.807) is 20.8 Å². The second kappa shape index (κ2) is 11.3. The highest BCUT2D eigenvalue weighted by Gasteiger charge is 2.35. The summed E-state index contributed by atoms with van der Waals surface area (Å²) >= 11 is 0. The van der Waals surface area contributed by atoms with Gasteiger partial charge in [0, 0.05) is 18.8 Å². The molecule has 1 fully saturated rings. The molecule has 1 amide bonds. The van der Waals surface area contributed by atoms with Crippen LogP contribution in [-0.4, -0.2) is 55.4 Å². The first-order valence-corrected chi connectivity index (χ1v) is 11.7. The van der Waals surface area contributed by atoms with E-state index in [1.165, 1.54) is 36.3 Å². The van der Waals surface area contributed by atoms with Crippen molar-refractivity contribution in [2.75, 3.05) is 31.8 Å². The van der Waals surface area contributed by atoms with Gasteiger partial charge in [0.2, 0.25) is 5.88 Å². The fourth-order valence-corrected chi connectivity index (χ4v) is 3.93. The first-order valence-electron chi connectivity index (χ1n) is 11.7. The van der Waals surface area contributed by atoms with Crippen molar-refractivity contribution >= 4 is 17.6 Å². The van der Waals surface area contributed by atoms with E-state index < -0.39 is 42.0 Å². The first-order chi connectivity index (χ1) is 17.2. The monoisotopic (exact) mass is 526 g/mol. The van der Waals surface area contributed by atoms with Gasteiger partial charge in [-0.2, -0.15) is 13.2 Å². The zero-order valence-corrected chi connectivity index (χ0v) is 21.0. The molecule has 1 aliphatic heterocycles. The number of rotatable bonds is 7. The number of anilines is 1. The quantitative estimate of drug-likeness (QED) is 0.315. The zero-order chi connectivity index (χ0) is 27.4. The number of nitrogens with zero attached hydrogens (tertiary/aromatic N) is 2. The van der Waals surface area contributed by atoms with Gasteiger partial charge in [-0.05, 0) is 76.9 Å². The maximum Gasteiger partial charge on any atom is 0.422 e. The summed E-state index contributed by atoms with van der Waals surface area (Å²) in [5.41, 5.74) is 1.82. The van der Waals surface area contributed by atoms with Crippen molar-refractivity contribution in [3.05, 3.63) is 53.0 Å². The van der Waals surface area contributed by atoms with Gasteiger partial charge in [0.25, 0.3) is 5.91 Å². The van der Waals surface area contributed by atoms with Gasteiger partial charge in [-0.1, -0.05) is 0 Å². The Balaban J connectivity index is 2.09. The third-order valence-corrected chi connectivity index (χ3v) is 5.53. The fraction of sp³-hybridized carbons (Fsp3) is 0.480. The van der Waals surface area contributed by atoms with Crippen LogP contribution in [0, 0.1) is 5.82 Å². The number of alkyl halides is 3. The molecule has 3 rings (SSSR count). The van der Waals surface area contributed by atoms with Crippen molar-refractivity contribution < 1.29 is 36.6 Å². The van der Waals surface area contributed by atoms with E-state index in [1.807, 2.05) is 0 Å². The number of pyridine rings is 1. The second-order valence-electron chi connectivity index (χ2n) is 9.67. The first kappa shape index (κ1) is 28.2. The number of esters is 1. The largest absolute Gasteiger partial charge is 0.468 e. The Labute approximate surface area is 212 Å². The number of halogens is 4. The third-order valence-electron chi connectivity index (χ3n) is 5.53. The number of carbonyl (C=O) groups excluding carboxylic acids is 2. The van der Waals surface area contributed by atoms with Gasteiger partial charge >= 0.3 is 12.1 Å². The van der Waals surface area contributed by atoms with Crippen LogP contribution >= 0.6 is 0 Å². The lowest BCUT2D eigenvalue weighted by Gasteiger charge is -2.29. The predicted octanol–water partition coefficient (Wildman–Crippen LogP) is 4.37. The van der Waals surface area contributed by atoms with E-state index in [9.17, 15) is 27.2 Å². The molecule has 0 aliphatic carbocycles. The van der Waals surface area contributed by atoms with E-state index in [-0.39, 0.29) is 22.6 Å². The maximum atomic E-state index is 13.4. The molecule has 202 valence electrons. The Morgan fingerprint density at radius 2 is 1.76 bits per heavy atom. The van der Waals surface area contributed by atoms with Gasteiger partial charge in [0.1, 0.15) is 11.4 Å². The van der Waals surface area contributed by atoms with Gasteiger partial charge in [0.05, 0.1) is 16.8 Å². The van der Waals surface area contributed by atoms with Crippen LogP contribution < -0.4 is 20.5 Å². The molecule has 1 aromatic carbocycles. The minimum atomic E-state index is -4.63. The van der Waals surface area contributed by atoms with Crippen LogP contribution in [-0.2, 0) is 4.74 Å². The fourth-order valence-electron chi connectivity index (χ4n) is 3.93. The van der Waals surface area contributed by atoms with E-state index in [2.05, 4.69) is 15.7 Å². The molecule has 1 saturated heterocycles. The Morgan fingerprint density at radius 3 is 2.32 bits per heavy atom. The van der Waals surface area contributed by atoms with Crippen LogP contribution in [0.1, 0.15) is 65.8 Å². The highest BCUT2D eigenvalue weighted by atomic mass is 19.4. The summed E-state index contributed by atoms with van der Waals surface area (Å²) < 4.78 is 62.8. The number of hydrogen-bond acceptors (Lipinski definition) is 7. The van der Waals surface area contributed by atoms with Crippen molar-refractivity contribution in [2.24, 2.45) is 0 Å². The number of piperidine rings is 1. The van der Waals surface area contributed by atoms with Crippen molar-refractivity contribution in [3.8, 4) is 5.88 Å². The third kappa shape index (κ3) is 7.78. The summed E-state index contributed by atoms with van der Waals surface area (Å²) in [4.78, 5) is 30.8. The van der Waals surface area contributed by atoms with Crippen LogP contribution in [0.25, 0.3) is 0 Å². The van der Waals surface area contributed by atoms with Crippen molar-refractivity contribution in [1.29, 1.82) is 0 Å². The number of hydrazine groups is 1. The molecule has 0 bridgehead atoms. The van der Waals surface area contributed by atoms with Gasteiger partial charge in [-0.25, -0.2) is 14.2 Å². The summed E-state index contributed by atoms with van der Waals surface area (Å²) in [5.74, 6) is -2.86. The van der Waals surface area contributed by atoms with Gasteiger partial charge in [0.15, 0.2) is 6.61 Å².